The Morgan fingerprint density at radius 1 is 1.47 bits per heavy atom. The van der Waals surface area contributed by atoms with E-state index < -0.39 is 0 Å². The Bertz CT molecular complexity index is 492. The van der Waals surface area contributed by atoms with E-state index in [2.05, 4.69) is 12.0 Å². The van der Waals surface area contributed by atoms with Gasteiger partial charge in [0.1, 0.15) is 5.78 Å². The van der Waals surface area contributed by atoms with Crippen molar-refractivity contribution in [3.63, 3.8) is 0 Å². The van der Waals surface area contributed by atoms with Gasteiger partial charge in [0, 0.05) is 30.6 Å². The number of rotatable bonds is 4. The van der Waals surface area contributed by atoms with Gasteiger partial charge in [-0.05, 0) is 51.0 Å². The molecular weight excluding hydrogens is 238 g/mol. The van der Waals surface area contributed by atoms with Crippen molar-refractivity contribution in [1.29, 1.82) is 0 Å². The molecule has 0 amide bonds. The van der Waals surface area contributed by atoms with Crippen molar-refractivity contribution < 1.29 is 4.79 Å². The van der Waals surface area contributed by atoms with Gasteiger partial charge >= 0.3 is 0 Å². The summed E-state index contributed by atoms with van der Waals surface area (Å²) in [6.45, 7) is 4.85. The maximum Gasteiger partial charge on any atom is 0.143 e. The first-order valence-electron chi connectivity index (χ1n) is 7.41. The minimum absolute atomic E-state index is 0.0965. The van der Waals surface area contributed by atoms with Crippen molar-refractivity contribution >= 4 is 5.78 Å². The molecule has 1 aromatic rings. The summed E-state index contributed by atoms with van der Waals surface area (Å²) in [7, 11) is 0. The molecule has 19 heavy (non-hydrogen) atoms. The molecule has 0 aliphatic heterocycles. The van der Waals surface area contributed by atoms with Crippen molar-refractivity contribution in [2.75, 3.05) is 0 Å². The highest BCUT2D eigenvalue weighted by molar-refractivity contribution is 5.84. The van der Waals surface area contributed by atoms with E-state index in [1.165, 1.54) is 19.3 Å². The molecular formula is C15H23N3O. The maximum atomic E-state index is 12.6. The largest absolute Gasteiger partial charge is 0.327 e. The second kappa shape index (κ2) is 4.75. The number of ketones is 1. The van der Waals surface area contributed by atoms with Gasteiger partial charge in [-0.25, -0.2) is 0 Å². The van der Waals surface area contributed by atoms with Gasteiger partial charge in [-0.3, -0.25) is 9.48 Å². The summed E-state index contributed by atoms with van der Waals surface area (Å²) < 4.78 is 1.94. The van der Waals surface area contributed by atoms with E-state index in [1.807, 2.05) is 17.7 Å². The molecule has 0 aromatic carbocycles. The molecule has 4 heteroatoms. The first-order valence-corrected chi connectivity index (χ1v) is 7.41. The highest BCUT2D eigenvalue weighted by Crippen LogP contribution is 2.48. The van der Waals surface area contributed by atoms with Crippen LogP contribution in [0, 0.1) is 24.7 Å². The Labute approximate surface area is 114 Å². The van der Waals surface area contributed by atoms with Crippen LogP contribution in [0.3, 0.4) is 0 Å². The zero-order chi connectivity index (χ0) is 13.6. The van der Waals surface area contributed by atoms with Gasteiger partial charge < -0.3 is 5.73 Å². The molecule has 2 aliphatic rings. The lowest BCUT2D eigenvalue weighted by molar-refractivity contribution is -0.124. The third kappa shape index (κ3) is 2.12. The number of carbonyl (C=O) groups is 1. The number of hydrogen-bond donors (Lipinski definition) is 1. The van der Waals surface area contributed by atoms with Gasteiger partial charge in [-0.2, -0.15) is 5.10 Å². The number of aryl methyl sites for hydroxylation is 2. The fourth-order valence-electron chi connectivity index (χ4n) is 4.13. The second-order valence-electron chi connectivity index (χ2n) is 6.17. The lowest BCUT2D eigenvalue weighted by Crippen LogP contribution is -2.41. The van der Waals surface area contributed by atoms with Crippen molar-refractivity contribution in [3.8, 4) is 0 Å². The summed E-state index contributed by atoms with van der Waals surface area (Å²) in [5.74, 6) is 1.57. The van der Waals surface area contributed by atoms with E-state index in [9.17, 15) is 4.79 Å². The number of fused-ring (bicyclic) bond motifs is 2. The average molecular weight is 261 g/mol. The minimum atomic E-state index is 0.0965. The SMILES string of the molecule is CCn1nc(C)cc1CC(=O)C1C2CCC(C2)C1N. The van der Waals surface area contributed by atoms with Crippen molar-refractivity contribution in [2.24, 2.45) is 23.5 Å². The van der Waals surface area contributed by atoms with E-state index >= 15 is 0 Å². The van der Waals surface area contributed by atoms with E-state index in [-0.39, 0.29) is 12.0 Å². The molecule has 4 nitrogen and oxygen atoms in total. The Morgan fingerprint density at radius 2 is 2.21 bits per heavy atom. The Morgan fingerprint density at radius 3 is 2.84 bits per heavy atom. The van der Waals surface area contributed by atoms with Gasteiger partial charge in [0.15, 0.2) is 0 Å². The van der Waals surface area contributed by atoms with E-state index in [1.54, 1.807) is 0 Å². The smallest absolute Gasteiger partial charge is 0.143 e. The molecule has 2 saturated carbocycles. The van der Waals surface area contributed by atoms with Crippen LogP contribution >= 0.6 is 0 Å². The van der Waals surface area contributed by atoms with Crippen LogP contribution in [0.1, 0.15) is 37.6 Å². The van der Waals surface area contributed by atoms with Crippen LogP contribution in [0.2, 0.25) is 0 Å². The second-order valence-corrected chi connectivity index (χ2v) is 6.17. The van der Waals surface area contributed by atoms with Crippen molar-refractivity contribution in [1.82, 2.24) is 9.78 Å². The highest BCUT2D eigenvalue weighted by Gasteiger charge is 2.48. The Balaban J connectivity index is 1.74. The van der Waals surface area contributed by atoms with Crippen LogP contribution in [0.5, 0.6) is 0 Å². The van der Waals surface area contributed by atoms with Gasteiger partial charge in [0.25, 0.3) is 0 Å². The summed E-state index contributed by atoms with van der Waals surface area (Å²) in [6, 6.07) is 2.13. The molecule has 2 bridgehead atoms. The van der Waals surface area contributed by atoms with Gasteiger partial charge in [0.05, 0.1) is 5.69 Å². The molecule has 4 atom stereocenters. The van der Waals surface area contributed by atoms with Crippen LogP contribution < -0.4 is 5.73 Å². The molecule has 4 unspecified atom stereocenters. The molecule has 2 N–H and O–H groups in total. The third-order valence-corrected chi connectivity index (χ3v) is 4.99. The molecule has 0 spiro atoms. The van der Waals surface area contributed by atoms with Gasteiger partial charge in [0.2, 0.25) is 0 Å². The monoisotopic (exact) mass is 261 g/mol. The molecule has 0 radical (unpaired) electrons. The van der Waals surface area contributed by atoms with Crippen molar-refractivity contribution in [2.45, 2.75) is 52.1 Å². The van der Waals surface area contributed by atoms with E-state index in [0.717, 1.165) is 17.9 Å². The third-order valence-electron chi connectivity index (χ3n) is 4.99. The number of nitrogens with zero attached hydrogens (tertiary/aromatic N) is 2. The van der Waals surface area contributed by atoms with Crippen LogP contribution in [0.15, 0.2) is 6.07 Å². The number of Topliss-reactive ketones (excluding diaryl/α,β-unsaturated/α-hetero) is 1. The van der Waals surface area contributed by atoms with Crippen LogP contribution in [-0.4, -0.2) is 21.6 Å². The standard InChI is InChI=1S/C15H23N3O/c1-3-18-12(6-9(2)17-18)8-13(19)14-10-4-5-11(7-10)15(14)16/h6,10-11,14-15H,3-5,7-8,16H2,1-2H3. The van der Waals surface area contributed by atoms with Crippen LogP contribution in [0.4, 0.5) is 0 Å². The lowest BCUT2D eigenvalue weighted by Gasteiger charge is -2.26. The number of carbonyl (C=O) groups excluding carboxylic acids is 1. The molecule has 104 valence electrons. The lowest BCUT2D eigenvalue weighted by atomic mass is 9.81. The van der Waals surface area contributed by atoms with Crippen LogP contribution in [-0.2, 0) is 17.8 Å². The summed E-state index contributed by atoms with van der Waals surface area (Å²) in [6.07, 6.45) is 4.09. The molecule has 3 rings (SSSR count). The van der Waals surface area contributed by atoms with E-state index in [4.69, 9.17) is 5.73 Å². The fraction of sp³-hybridized carbons (Fsp3) is 0.733. The number of aromatic nitrogens is 2. The highest BCUT2D eigenvalue weighted by atomic mass is 16.1. The quantitative estimate of drug-likeness (QED) is 0.897. The minimum Gasteiger partial charge on any atom is -0.327 e. The zero-order valence-electron chi connectivity index (χ0n) is 11.8. The maximum absolute atomic E-state index is 12.6. The fourth-order valence-corrected chi connectivity index (χ4v) is 4.13. The molecule has 2 fully saturated rings. The van der Waals surface area contributed by atoms with E-state index in [0.29, 0.717) is 24.0 Å². The summed E-state index contributed by atoms with van der Waals surface area (Å²) >= 11 is 0. The van der Waals surface area contributed by atoms with Crippen LogP contribution in [0.25, 0.3) is 0 Å². The van der Waals surface area contributed by atoms with Gasteiger partial charge in [-0.1, -0.05) is 0 Å². The molecule has 1 aromatic heterocycles. The molecule has 1 heterocycles. The summed E-state index contributed by atoms with van der Waals surface area (Å²) in [5, 5.41) is 4.41. The Kier molecular flexibility index (Phi) is 3.21. The number of nitrogens with two attached hydrogens (primary N) is 1. The first-order chi connectivity index (χ1) is 9.10. The molecule has 2 aliphatic carbocycles. The average Bonchev–Trinajstić information content (AvgIpc) is 3.03. The predicted octanol–water partition coefficient (Wildman–Crippen LogP) is 1.70. The summed E-state index contributed by atoms with van der Waals surface area (Å²) in [5.41, 5.74) is 8.28. The molecule has 0 saturated heterocycles. The topological polar surface area (TPSA) is 60.9 Å². The van der Waals surface area contributed by atoms with Crippen molar-refractivity contribution in [3.05, 3.63) is 17.5 Å². The van der Waals surface area contributed by atoms with Gasteiger partial charge in [-0.15, -0.1) is 0 Å². The summed E-state index contributed by atoms with van der Waals surface area (Å²) in [4.78, 5) is 12.6. The first kappa shape index (κ1) is 12.9. The predicted molar refractivity (Wildman–Crippen MR) is 73.6 cm³/mol. The Hall–Kier alpha value is -1.16. The normalized spacial score (nSPS) is 33.0. The number of hydrogen-bond acceptors (Lipinski definition) is 3. The zero-order valence-corrected chi connectivity index (χ0v) is 11.8.